The molecule has 1 aromatic carbocycles. The number of anilines is 1. The van der Waals surface area contributed by atoms with Crippen molar-refractivity contribution in [1.82, 2.24) is 5.32 Å². The van der Waals surface area contributed by atoms with Gasteiger partial charge in [0.05, 0.1) is 11.9 Å². The number of benzene rings is 1. The summed E-state index contributed by atoms with van der Waals surface area (Å²) in [6.45, 7) is 9.34. The summed E-state index contributed by atoms with van der Waals surface area (Å²) < 4.78 is 25.5. The number of nitrogens with zero attached hydrogens (tertiary/aromatic N) is 1. The second-order valence-electron chi connectivity index (χ2n) is 6.78. The molecule has 0 atom stereocenters. The van der Waals surface area contributed by atoms with Crippen molar-refractivity contribution in [2.24, 2.45) is 0 Å². The highest BCUT2D eigenvalue weighted by molar-refractivity contribution is 7.92. The Morgan fingerprint density at radius 3 is 2.23 bits per heavy atom. The van der Waals surface area contributed by atoms with Crippen molar-refractivity contribution in [3.8, 4) is 0 Å². The number of hydrogen-bond acceptors (Lipinski definition) is 3. The lowest BCUT2D eigenvalue weighted by molar-refractivity contribution is -0.121. The molecule has 0 aliphatic carbocycles. The van der Waals surface area contributed by atoms with Crippen molar-refractivity contribution in [3.05, 3.63) is 29.8 Å². The first-order chi connectivity index (χ1) is 9.92. The summed E-state index contributed by atoms with van der Waals surface area (Å²) in [5.74, 6) is -0.164. The highest BCUT2D eigenvalue weighted by atomic mass is 32.2. The smallest absolute Gasteiger partial charge is 0.241 e. The van der Waals surface area contributed by atoms with Gasteiger partial charge >= 0.3 is 0 Å². The Labute approximate surface area is 133 Å². The lowest BCUT2D eigenvalue weighted by Crippen LogP contribution is -2.47. The highest BCUT2D eigenvalue weighted by Gasteiger charge is 2.25. The minimum atomic E-state index is -3.55. The van der Waals surface area contributed by atoms with Gasteiger partial charge in [0.15, 0.2) is 0 Å². The van der Waals surface area contributed by atoms with Crippen molar-refractivity contribution < 1.29 is 13.2 Å². The Bertz CT molecular complexity index is 631. The van der Waals surface area contributed by atoms with Gasteiger partial charge in [-0.25, -0.2) is 8.42 Å². The molecule has 0 aliphatic rings. The predicted molar refractivity (Wildman–Crippen MR) is 90.6 cm³/mol. The monoisotopic (exact) mass is 326 g/mol. The van der Waals surface area contributed by atoms with Gasteiger partial charge in [-0.15, -0.1) is 0 Å². The molecule has 1 rings (SSSR count). The second-order valence-corrected chi connectivity index (χ2v) is 8.69. The summed E-state index contributed by atoms with van der Waals surface area (Å²) in [6, 6.07) is 7.27. The van der Waals surface area contributed by atoms with E-state index in [0.29, 0.717) is 5.69 Å². The molecular weight excluding hydrogens is 300 g/mol. The normalized spacial score (nSPS) is 12.3. The Balaban J connectivity index is 3.19. The molecule has 6 heteroatoms. The van der Waals surface area contributed by atoms with E-state index >= 15 is 0 Å². The number of carbonyl (C=O) groups is 1. The van der Waals surface area contributed by atoms with Gasteiger partial charge in [0.25, 0.3) is 0 Å². The minimum Gasteiger partial charge on any atom is -0.350 e. The van der Waals surface area contributed by atoms with E-state index in [-0.39, 0.29) is 18.4 Å². The third-order valence-electron chi connectivity index (χ3n) is 3.03. The van der Waals surface area contributed by atoms with Crippen LogP contribution in [0.4, 0.5) is 5.69 Å². The van der Waals surface area contributed by atoms with E-state index < -0.39 is 15.6 Å². The van der Waals surface area contributed by atoms with Crippen LogP contribution >= 0.6 is 0 Å². The van der Waals surface area contributed by atoms with Gasteiger partial charge in [0, 0.05) is 5.54 Å². The van der Waals surface area contributed by atoms with Crippen LogP contribution in [0.5, 0.6) is 0 Å². The van der Waals surface area contributed by atoms with Crippen LogP contribution in [0.1, 0.15) is 46.1 Å². The summed E-state index contributed by atoms with van der Waals surface area (Å²) in [5.41, 5.74) is 1.05. The molecule has 0 radical (unpaired) electrons. The van der Waals surface area contributed by atoms with Crippen LogP contribution < -0.4 is 9.62 Å². The van der Waals surface area contributed by atoms with E-state index in [1.165, 1.54) is 4.31 Å². The summed E-state index contributed by atoms with van der Waals surface area (Å²) in [5, 5.41) is 2.80. The average Bonchev–Trinajstić information content (AvgIpc) is 2.32. The fourth-order valence-electron chi connectivity index (χ4n) is 2.17. The van der Waals surface area contributed by atoms with Crippen LogP contribution in [0.25, 0.3) is 0 Å². The fourth-order valence-corrected chi connectivity index (χ4v) is 3.05. The Hall–Kier alpha value is -1.56. The number of hydrogen-bond donors (Lipinski definition) is 1. The van der Waals surface area contributed by atoms with Gasteiger partial charge in [0.2, 0.25) is 15.9 Å². The third kappa shape index (κ3) is 5.33. The van der Waals surface area contributed by atoms with Crippen LogP contribution in [-0.2, 0) is 14.8 Å². The van der Waals surface area contributed by atoms with Gasteiger partial charge in [-0.05, 0) is 38.3 Å². The first kappa shape index (κ1) is 18.5. The zero-order valence-electron chi connectivity index (χ0n) is 14.2. The first-order valence-electron chi connectivity index (χ1n) is 7.29. The van der Waals surface area contributed by atoms with Crippen molar-refractivity contribution in [2.75, 3.05) is 17.1 Å². The molecule has 0 fully saturated rings. The number of sulfonamides is 1. The zero-order chi connectivity index (χ0) is 17.1. The summed E-state index contributed by atoms with van der Waals surface area (Å²) in [6.07, 6.45) is 1.12. The number of amides is 1. The maximum absolute atomic E-state index is 12.2. The molecule has 0 aromatic heterocycles. The topological polar surface area (TPSA) is 66.5 Å². The van der Waals surface area contributed by atoms with Crippen molar-refractivity contribution >= 4 is 21.6 Å². The summed E-state index contributed by atoms with van der Waals surface area (Å²) >= 11 is 0. The van der Waals surface area contributed by atoms with Crippen LogP contribution in [0.3, 0.4) is 0 Å². The molecule has 1 N–H and O–H groups in total. The van der Waals surface area contributed by atoms with Crippen LogP contribution in [0.2, 0.25) is 0 Å². The fraction of sp³-hybridized carbons (Fsp3) is 0.562. The molecule has 1 aromatic rings. The van der Waals surface area contributed by atoms with Gasteiger partial charge in [0.1, 0.15) is 6.54 Å². The van der Waals surface area contributed by atoms with E-state index in [1.807, 2.05) is 46.8 Å². The van der Waals surface area contributed by atoms with Crippen LogP contribution in [-0.4, -0.2) is 32.7 Å². The molecule has 5 nitrogen and oxygen atoms in total. The Morgan fingerprint density at radius 2 is 1.77 bits per heavy atom. The SMILES string of the molecule is CC(C)c1ccccc1N(CC(=O)NC(C)(C)C)S(C)(=O)=O. The summed E-state index contributed by atoms with van der Waals surface area (Å²) in [7, 11) is -3.55. The molecule has 124 valence electrons. The number of rotatable bonds is 5. The number of nitrogens with one attached hydrogen (secondary N) is 1. The van der Waals surface area contributed by atoms with Crippen molar-refractivity contribution in [1.29, 1.82) is 0 Å². The third-order valence-corrected chi connectivity index (χ3v) is 4.16. The first-order valence-corrected chi connectivity index (χ1v) is 9.14. The largest absolute Gasteiger partial charge is 0.350 e. The lowest BCUT2D eigenvalue weighted by Gasteiger charge is -2.28. The van der Waals surface area contributed by atoms with Gasteiger partial charge < -0.3 is 5.32 Å². The molecule has 0 saturated carbocycles. The molecule has 0 unspecified atom stereocenters. The number of carbonyl (C=O) groups excluding carboxylic acids is 1. The van der Waals surface area contributed by atoms with E-state index in [0.717, 1.165) is 11.8 Å². The number of para-hydroxylation sites is 1. The average molecular weight is 326 g/mol. The van der Waals surface area contributed by atoms with Crippen molar-refractivity contribution in [3.63, 3.8) is 0 Å². The van der Waals surface area contributed by atoms with Crippen LogP contribution in [0.15, 0.2) is 24.3 Å². The minimum absolute atomic E-state index is 0.158. The molecule has 0 bridgehead atoms. The molecule has 1 amide bonds. The molecule has 0 aliphatic heterocycles. The molecule has 0 saturated heterocycles. The second kappa shape index (κ2) is 6.69. The zero-order valence-corrected chi connectivity index (χ0v) is 15.0. The maximum atomic E-state index is 12.2. The van der Waals surface area contributed by atoms with Gasteiger partial charge in [-0.2, -0.15) is 0 Å². The van der Waals surface area contributed by atoms with Gasteiger partial charge in [-0.1, -0.05) is 32.0 Å². The molecule has 0 spiro atoms. The van der Waals surface area contributed by atoms with Crippen molar-refractivity contribution in [2.45, 2.75) is 46.1 Å². The highest BCUT2D eigenvalue weighted by Crippen LogP contribution is 2.28. The Kier molecular flexibility index (Phi) is 5.62. The molecular formula is C16H26N2O3S. The van der Waals surface area contributed by atoms with Gasteiger partial charge in [-0.3, -0.25) is 9.10 Å². The Morgan fingerprint density at radius 1 is 1.23 bits per heavy atom. The van der Waals surface area contributed by atoms with E-state index in [4.69, 9.17) is 0 Å². The maximum Gasteiger partial charge on any atom is 0.241 e. The lowest BCUT2D eigenvalue weighted by atomic mass is 10.0. The molecule has 22 heavy (non-hydrogen) atoms. The predicted octanol–water partition coefficient (Wildman–Crippen LogP) is 2.49. The van der Waals surface area contributed by atoms with E-state index in [9.17, 15) is 13.2 Å². The molecule has 0 heterocycles. The van der Waals surface area contributed by atoms with E-state index in [1.54, 1.807) is 12.1 Å². The standard InChI is InChI=1S/C16H26N2O3S/c1-12(2)13-9-7-8-10-14(13)18(22(6,20)21)11-15(19)17-16(3,4)5/h7-10,12H,11H2,1-6H3,(H,17,19). The quantitative estimate of drug-likeness (QED) is 0.904. The van der Waals surface area contributed by atoms with Crippen LogP contribution in [0, 0.1) is 0 Å². The summed E-state index contributed by atoms with van der Waals surface area (Å²) in [4.78, 5) is 12.2. The van der Waals surface area contributed by atoms with E-state index in [2.05, 4.69) is 5.32 Å².